The highest BCUT2D eigenvalue weighted by molar-refractivity contribution is 6.70. The van der Waals surface area contributed by atoms with E-state index in [4.69, 9.17) is 81.2 Å². The van der Waals surface area contributed by atoms with Crippen molar-refractivity contribution < 1.29 is 0 Å². The Hall–Kier alpha value is 1.25. The summed E-state index contributed by atoms with van der Waals surface area (Å²) in [6, 6.07) is 4.91. The molecule has 1 aliphatic rings. The van der Waals surface area contributed by atoms with E-state index in [2.05, 4.69) is 0 Å². The molecule has 0 aliphatic heterocycles. The summed E-state index contributed by atoms with van der Waals surface area (Å²) in [5, 5.41) is 0.316. The van der Waals surface area contributed by atoms with Gasteiger partial charge >= 0.3 is 0 Å². The molecule has 7 heteroatoms. The summed E-state index contributed by atoms with van der Waals surface area (Å²) in [5.74, 6) is 0. The van der Waals surface area contributed by atoms with Crippen molar-refractivity contribution in [2.75, 3.05) is 0 Å². The first-order chi connectivity index (χ1) is 7.14. The van der Waals surface area contributed by atoms with E-state index in [0.717, 1.165) is 0 Å². The fraction of sp³-hybridized carbons (Fsp3) is 0.333. The van der Waals surface area contributed by atoms with Crippen LogP contribution in [-0.4, -0.2) is 4.33 Å². The second-order valence-electron chi connectivity index (χ2n) is 3.39. The Balaban J connectivity index is 2.84. The molecule has 16 heavy (non-hydrogen) atoms. The van der Waals surface area contributed by atoms with Crippen LogP contribution in [0.1, 0.15) is 11.1 Å². The highest BCUT2D eigenvalue weighted by atomic mass is 35.5. The van der Waals surface area contributed by atoms with E-state index in [1.54, 1.807) is 18.2 Å². The highest BCUT2D eigenvalue weighted by Gasteiger charge is 2.69. The molecule has 0 bridgehead atoms. The van der Waals surface area contributed by atoms with Crippen molar-refractivity contribution in [1.29, 1.82) is 0 Å². The standard InChI is InChI=1S/C9H3Cl7/c10-5-3-1-2-4-6(5)8(13,14)9(15,16)7(4,11)12/h1-3H. The van der Waals surface area contributed by atoms with Crippen LogP contribution in [0.2, 0.25) is 5.02 Å². The number of hydrogen-bond donors (Lipinski definition) is 0. The molecule has 0 heterocycles. The zero-order valence-corrected chi connectivity index (χ0v) is 12.7. The predicted octanol–water partition coefficient (Wildman–Crippen LogP) is 5.79. The van der Waals surface area contributed by atoms with Crippen molar-refractivity contribution in [3.63, 3.8) is 0 Å². The molecule has 0 atom stereocenters. The van der Waals surface area contributed by atoms with Gasteiger partial charge in [0, 0.05) is 10.6 Å². The summed E-state index contributed by atoms with van der Waals surface area (Å²) in [5.41, 5.74) is 0.758. The van der Waals surface area contributed by atoms with Crippen molar-refractivity contribution in [2.45, 2.75) is 13.0 Å². The first-order valence-electron chi connectivity index (χ1n) is 4.07. The zero-order valence-electron chi connectivity index (χ0n) is 7.38. The largest absolute Gasteiger partial charge is 0.191 e. The Morgan fingerprint density at radius 1 is 0.812 bits per heavy atom. The first-order valence-corrected chi connectivity index (χ1v) is 6.71. The molecular weight excluding hydrogens is 356 g/mol. The van der Waals surface area contributed by atoms with Crippen LogP contribution >= 0.6 is 81.2 Å². The number of fused-ring (bicyclic) bond motifs is 1. The van der Waals surface area contributed by atoms with Gasteiger partial charge in [0.1, 0.15) is 0 Å². The average molecular weight is 359 g/mol. The second kappa shape index (κ2) is 3.87. The normalized spacial score (nSPS) is 24.2. The van der Waals surface area contributed by atoms with E-state index in [-0.39, 0.29) is 0 Å². The van der Waals surface area contributed by atoms with Gasteiger partial charge in [-0.1, -0.05) is 93.3 Å². The van der Waals surface area contributed by atoms with Gasteiger partial charge in [0.15, 0.2) is 13.0 Å². The number of rotatable bonds is 0. The third-order valence-electron chi connectivity index (χ3n) is 2.45. The molecule has 1 aromatic rings. The Labute approximate surface area is 128 Å². The van der Waals surface area contributed by atoms with Crippen molar-refractivity contribution in [2.24, 2.45) is 0 Å². The molecular formula is C9H3Cl7. The van der Waals surface area contributed by atoms with Gasteiger partial charge in [0.2, 0.25) is 0 Å². The quantitative estimate of drug-likeness (QED) is 0.515. The van der Waals surface area contributed by atoms with E-state index in [1.807, 2.05) is 0 Å². The van der Waals surface area contributed by atoms with Crippen molar-refractivity contribution in [3.05, 3.63) is 34.3 Å². The van der Waals surface area contributed by atoms with Gasteiger partial charge in [-0.15, -0.1) is 0 Å². The van der Waals surface area contributed by atoms with Gasteiger partial charge in [0.05, 0.1) is 0 Å². The zero-order chi connectivity index (χ0) is 12.4. The minimum Gasteiger partial charge on any atom is -0.0941 e. The maximum absolute atomic E-state index is 6.13. The molecule has 0 aromatic heterocycles. The number of halogens is 7. The monoisotopic (exact) mass is 356 g/mol. The van der Waals surface area contributed by atoms with Crippen LogP contribution in [-0.2, 0) is 8.67 Å². The van der Waals surface area contributed by atoms with Crippen LogP contribution in [0.4, 0.5) is 0 Å². The maximum atomic E-state index is 6.13. The van der Waals surface area contributed by atoms with Crippen LogP contribution in [0.5, 0.6) is 0 Å². The number of hydrogen-bond acceptors (Lipinski definition) is 0. The van der Waals surface area contributed by atoms with Gasteiger partial charge in [-0.2, -0.15) is 0 Å². The van der Waals surface area contributed by atoms with E-state index in [1.165, 1.54) is 0 Å². The molecule has 0 N–H and O–H groups in total. The molecule has 0 nitrogen and oxygen atoms in total. The van der Waals surface area contributed by atoms with Gasteiger partial charge in [-0.05, 0) is 11.6 Å². The summed E-state index contributed by atoms with van der Waals surface area (Å²) in [7, 11) is 0. The van der Waals surface area contributed by atoms with E-state index in [0.29, 0.717) is 16.1 Å². The molecule has 0 radical (unpaired) electrons. The van der Waals surface area contributed by atoms with Gasteiger partial charge in [0.25, 0.3) is 0 Å². The molecule has 0 saturated heterocycles. The molecule has 1 aliphatic carbocycles. The molecule has 0 spiro atoms. The van der Waals surface area contributed by atoms with Crippen LogP contribution < -0.4 is 0 Å². The first kappa shape index (κ1) is 13.7. The fourth-order valence-electron chi connectivity index (χ4n) is 1.63. The molecule has 0 amide bonds. The lowest BCUT2D eigenvalue weighted by Crippen LogP contribution is -2.38. The van der Waals surface area contributed by atoms with E-state index in [9.17, 15) is 0 Å². The van der Waals surface area contributed by atoms with Crippen molar-refractivity contribution >= 4 is 81.2 Å². The second-order valence-corrected chi connectivity index (χ2v) is 7.77. The third-order valence-corrected chi connectivity index (χ3v) is 6.60. The fourth-order valence-corrected chi connectivity index (χ4v) is 3.92. The Bertz CT molecular complexity index is 449. The van der Waals surface area contributed by atoms with Gasteiger partial charge < -0.3 is 0 Å². The number of alkyl halides is 6. The van der Waals surface area contributed by atoms with Crippen LogP contribution in [0, 0.1) is 0 Å². The lowest BCUT2D eigenvalue weighted by Gasteiger charge is -2.32. The highest BCUT2D eigenvalue weighted by Crippen LogP contribution is 2.70. The molecule has 0 unspecified atom stereocenters. The average Bonchev–Trinajstić information content (AvgIpc) is 2.25. The van der Waals surface area contributed by atoms with Gasteiger partial charge in [-0.3, -0.25) is 0 Å². The van der Waals surface area contributed by atoms with Crippen molar-refractivity contribution in [3.8, 4) is 0 Å². The summed E-state index contributed by atoms with van der Waals surface area (Å²) >= 11 is 42.6. The summed E-state index contributed by atoms with van der Waals surface area (Å²) in [4.78, 5) is 0. The van der Waals surface area contributed by atoms with Crippen LogP contribution in [0.25, 0.3) is 0 Å². The van der Waals surface area contributed by atoms with Gasteiger partial charge in [-0.25, -0.2) is 0 Å². The van der Waals surface area contributed by atoms with Crippen LogP contribution in [0.15, 0.2) is 18.2 Å². The Morgan fingerprint density at radius 3 is 1.88 bits per heavy atom. The van der Waals surface area contributed by atoms with E-state index < -0.39 is 13.0 Å². The Morgan fingerprint density at radius 2 is 1.38 bits per heavy atom. The maximum Gasteiger partial charge on any atom is 0.191 e. The third kappa shape index (κ3) is 1.51. The molecule has 0 fully saturated rings. The summed E-state index contributed by atoms with van der Waals surface area (Å²) in [6.45, 7) is 0. The SMILES string of the molecule is Clc1cccc2c1C(Cl)(Cl)C(Cl)(Cl)C2(Cl)Cl. The molecule has 88 valence electrons. The summed E-state index contributed by atoms with van der Waals surface area (Å²) in [6.07, 6.45) is 0. The van der Waals surface area contributed by atoms with E-state index >= 15 is 0 Å². The minimum absolute atomic E-state index is 0.316. The Kier molecular flexibility index (Phi) is 3.31. The lowest BCUT2D eigenvalue weighted by atomic mass is 10.1. The van der Waals surface area contributed by atoms with Crippen molar-refractivity contribution in [1.82, 2.24) is 0 Å². The molecule has 1 aromatic carbocycles. The summed E-state index contributed by atoms with van der Waals surface area (Å²) < 4.78 is -5.09. The number of benzene rings is 1. The smallest absolute Gasteiger partial charge is 0.0941 e. The lowest BCUT2D eigenvalue weighted by molar-refractivity contribution is 0.687. The predicted molar refractivity (Wildman–Crippen MR) is 72.7 cm³/mol. The molecule has 2 rings (SSSR count). The molecule has 0 saturated carbocycles. The van der Waals surface area contributed by atoms with Crippen LogP contribution in [0.3, 0.4) is 0 Å². The topological polar surface area (TPSA) is 0 Å². The minimum atomic E-state index is -1.79.